The minimum absolute atomic E-state index is 0.0375. The highest BCUT2D eigenvalue weighted by molar-refractivity contribution is 7.17. The van der Waals surface area contributed by atoms with Gasteiger partial charge in [0.15, 0.2) is 5.76 Å². The van der Waals surface area contributed by atoms with Crippen molar-refractivity contribution in [2.75, 3.05) is 0 Å². The zero-order chi connectivity index (χ0) is 11.8. The summed E-state index contributed by atoms with van der Waals surface area (Å²) in [6, 6.07) is 1.73. The van der Waals surface area contributed by atoms with Gasteiger partial charge in [-0.1, -0.05) is 5.16 Å². The SMILES string of the molecule is Cc1csc2c(=O)n(Cc3ccno3)cnc12. The van der Waals surface area contributed by atoms with Gasteiger partial charge in [0, 0.05) is 6.07 Å². The van der Waals surface area contributed by atoms with E-state index in [2.05, 4.69) is 10.1 Å². The Bertz CT molecular complexity index is 712. The lowest BCUT2D eigenvalue weighted by atomic mass is 10.3. The molecule has 17 heavy (non-hydrogen) atoms. The van der Waals surface area contributed by atoms with Gasteiger partial charge in [-0.05, 0) is 17.9 Å². The number of aryl methyl sites for hydroxylation is 1. The molecule has 0 N–H and O–H groups in total. The lowest BCUT2D eigenvalue weighted by molar-refractivity contribution is 0.375. The molecule has 0 saturated heterocycles. The van der Waals surface area contributed by atoms with Crippen molar-refractivity contribution >= 4 is 21.6 Å². The summed E-state index contributed by atoms with van der Waals surface area (Å²) < 4.78 is 7.19. The van der Waals surface area contributed by atoms with Gasteiger partial charge < -0.3 is 4.52 Å². The van der Waals surface area contributed by atoms with Gasteiger partial charge in [0.25, 0.3) is 5.56 Å². The molecule has 3 rings (SSSR count). The van der Waals surface area contributed by atoms with Gasteiger partial charge in [0.05, 0.1) is 24.6 Å². The second-order valence-electron chi connectivity index (χ2n) is 3.75. The van der Waals surface area contributed by atoms with Crippen LogP contribution in [0.1, 0.15) is 11.3 Å². The monoisotopic (exact) mass is 247 g/mol. The Morgan fingerprint density at radius 1 is 1.53 bits per heavy atom. The summed E-state index contributed by atoms with van der Waals surface area (Å²) >= 11 is 1.43. The maximum absolute atomic E-state index is 12.1. The van der Waals surface area contributed by atoms with Crippen LogP contribution in [-0.4, -0.2) is 14.7 Å². The molecule has 3 heterocycles. The molecule has 0 unspecified atom stereocenters. The van der Waals surface area contributed by atoms with E-state index in [4.69, 9.17) is 4.52 Å². The zero-order valence-corrected chi connectivity index (χ0v) is 9.90. The fourth-order valence-electron chi connectivity index (χ4n) is 1.66. The van der Waals surface area contributed by atoms with E-state index in [0.29, 0.717) is 17.0 Å². The standard InChI is InChI=1S/C11H9N3O2S/c1-7-5-17-10-9(7)12-6-14(11(10)15)4-8-2-3-13-16-8/h2-3,5-6H,4H2,1H3. The van der Waals surface area contributed by atoms with Crippen LogP contribution in [0.5, 0.6) is 0 Å². The van der Waals surface area contributed by atoms with Gasteiger partial charge in [-0.3, -0.25) is 9.36 Å². The minimum atomic E-state index is -0.0375. The Kier molecular flexibility index (Phi) is 2.29. The molecule has 86 valence electrons. The summed E-state index contributed by atoms with van der Waals surface area (Å²) in [5.74, 6) is 0.640. The van der Waals surface area contributed by atoms with E-state index in [1.165, 1.54) is 15.9 Å². The van der Waals surface area contributed by atoms with Crippen LogP contribution in [0.4, 0.5) is 0 Å². The maximum atomic E-state index is 12.1. The molecule has 0 saturated carbocycles. The van der Waals surface area contributed by atoms with E-state index in [1.54, 1.807) is 18.6 Å². The van der Waals surface area contributed by atoms with Crippen molar-refractivity contribution in [2.24, 2.45) is 0 Å². The molecule has 0 spiro atoms. The van der Waals surface area contributed by atoms with Crippen molar-refractivity contribution in [3.05, 3.63) is 45.6 Å². The molecule has 6 heteroatoms. The second-order valence-corrected chi connectivity index (χ2v) is 4.63. The van der Waals surface area contributed by atoms with Crippen LogP contribution < -0.4 is 5.56 Å². The number of hydrogen-bond donors (Lipinski definition) is 0. The first-order valence-corrected chi connectivity index (χ1v) is 5.96. The van der Waals surface area contributed by atoms with E-state index in [9.17, 15) is 4.79 Å². The Hall–Kier alpha value is -1.95. The Morgan fingerprint density at radius 3 is 3.18 bits per heavy atom. The first kappa shape index (κ1) is 10.2. The van der Waals surface area contributed by atoms with Gasteiger partial charge >= 0.3 is 0 Å². The van der Waals surface area contributed by atoms with Crippen molar-refractivity contribution in [3.8, 4) is 0 Å². The molecule has 3 aromatic heterocycles. The van der Waals surface area contributed by atoms with E-state index >= 15 is 0 Å². The van der Waals surface area contributed by atoms with E-state index in [1.807, 2.05) is 12.3 Å². The molecule has 0 aromatic carbocycles. The van der Waals surface area contributed by atoms with Gasteiger partial charge in [-0.15, -0.1) is 11.3 Å². The van der Waals surface area contributed by atoms with Crippen molar-refractivity contribution in [3.63, 3.8) is 0 Å². The van der Waals surface area contributed by atoms with Crippen LogP contribution in [0.15, 0.2) is 33.3 Å². The first-order valence-electron chi connectivity index (χ1n) is 5.08. The predicted octanol–water partition coefficient (Wildman–Crippen LogP) is 1.80. The Labute approximate surface area is 100 Å². The molecule has 0 amide bonds. The van der Waals surface area contributed by atoms with Crippen LogP contribution in [0.25, 0.3) is 10.2 Å². The highest BCUT2D eigenvalue weighted by Crippen LogP contribution is 2.19. The number of aromatic nitrogens is 3. The molecule has 0 aliphatic rings. The highest BCUT2D eigenvalue weighted by Gasteiger charge is 2.09. The van der Waals surface area contributed by atoms with Crippen molar-refractivity contribution in [2.45, 2.75) is 13.5 Å². The molecule has 5 nitrogen and oxygen atoms in total. The molecular weight excluding hydrogens is 238 g/mol. The third-order valence-electron chi connectivity index (χ3n) is 2.54. The van der Waals surface area contributed by atoms with Crippen LogP contribution >= 0.6 is 11.3 Å². The largest absolute Gasteiger partial charge is 0.359 e. The Balaban J connectivity index is 2.12. The van der Waals surface area contributed by atoms with Crippen molar-refractivity contribution < 1.29 is 4.52 Å². The molecular formula is C11H9N3O2S. The second kappa shape index (κ2) is 3.81. The fourth-order valence-corrected chi connectivity index (χ4v) is 2.61. The maximum Gasteiger partial charge on any atom is 0.271 e. The molecule has 0 aliphatic heterocycles. The molecule has 0 bridgehead atoms. The van der Waals surface area contributed by atoms with Crippen molar-refractivity contribution in [1.29, 1.82) is 0 Å². The van der Waals surface area contributed by atoms with Crippen molar-refractivity contribution in [1.82, 2.24) is 14.7 Å². The summed E-state index contributed by atoms with van der Waals surface area (Å²) in [4.78, 5) is 16.4. The number of rotatable bonds is 2. The average molecular weight is 247 g/mol. The van der Waals surface area contributed by atoms with Crippen LogP contribution in [0.2, 0.25) is 0 Å². The van der Waals surface area contributed by atoms with E-state index in [0.717, 1.165) is 11.1 Å². The van der Waals surface area contributed by atoms with E-state index < -0.39 is 0 Å². The zero-order valence-electron chi connectivity index (χ0n) is 9.08. The highest BCUT2D eigenvalue weighted by atomic mass is 32.1. The van der Waals surface area contributed by atoms with Gasteiger partial charge in [-0.2, -0.15) is 0 Å². The van der Waals surface area contributed by atoms with Crippen LogP contribution in [0.3, 0.4) is 0 Å². The molecule has 3 aromatic rings. The third-order valence-corrected chi connectivity index (χ3v) is 3.62. The Morgan fingerprint density at radius 2 is 2.41 bits per heavy atom. The first-order chi connectivity index (χ1) is 8.25. The quantitative estimate of drug-likeness (QED) is 0.692. The summed E-state index contributed by atoms with van der Waals surface area (Å²) in [5.41, 5.74) is 1.78. The molecule has 0 fully saturated rings. The normalized spacial score (nSPS) is 11.1. The minimum Gasteiger partial charge on any atom is -0.359 e. The number of hydrogen-bond acceptors (Lipinski definition) is 5. The lowest BCUT2D eigenvalue weighted by Gasteiger charge is -2.01. The predicted molar refractivity (Wildman–Crippen MR) is 64.2 cm³/mol. The third kappa shape index (κ3) is 1.66. The summed E-state index contributed by atoms with van der Waals surface area (Å²) in [5, 5.41) is 5.55. The van der Waals surface area contributed by atoms with Gasteiger partial charge in [0.1, 0.15) is 4.70 Å². The van der Waals surface area contributed by atoms with E-state index in [-0.39, 0.29) is 5.56 Å². The lowest BCUT2D eigenvalue weighted by Crippen LogP contribution is -2.20. The summed E-state index contributed by atoms with van der Waals surface area (Å²) in [6.45, 7) is 2.31. The topological polar surface area (TPSA) is 60.9 Å². The fraction of sp³-hybridized carbons (Fsp3) is 0.182. The van der Waals surface area contributed by atoms with Crippen LogP contribution in [0, 0.1) is 6.92 Å². The van der Waals surface area contributed by atoms with Crippen LogP contribution in [-0.2, 0) is 6.54 Å². The summed E-state index contributed by atoms with van der Waals surface area (Å²) in [7, 11) is 0. The molecule has 0 radical (unpaired) electrons. The average Bonchev–Trinajstić information content (AvgIpc) is 2.93. The summed E-state index contributed by atoms with van der Waals surface area (Å²) in [6.07, 6.45) is 3.11. The number of fused-ring (bicyclic) bond motifs is 1. The molecule has 0 atom stereocenters. The molecule has 0 aliphatic carbocycles. The number of thiophene rings is 1. The van der Waals surface area contributed by atoms with Gasteiger partial charge in [0.2, 0.25) is 0 Å². The smallest absolute Gasteiger partial charge is 0.271 e. The van der Waals surface area contributed by atoms with Gasteiger partial charge in [-0.25, -0.2) is 4.98 Å². The number of nitrogens with zero attached hydrogens (tertiary/aromatic N) is 3.